The Kier molecular flexibility index (Phi) is 2.00. The average Bonchev–Trinajstić information content (AvgIpc) is 2.49. The molecule has 0 aliphatic heterocycles. The van der Waals surface area contributed by atoms with Gasteiger partial charge in [-0.1, -0.05) is 6.07 Å². The van der Waals surface area contributed by atoms with Crippen LogP contribution in [0.5, 0.6) is 0 Å². The zero-order valence-electron chi connectivity index (χ0n) is 7.99. The van der Waals surface area contributed by atoms with E-state index < -0.39 is 0 Å². The molecule has 0 amide bonds. The molecule has 0 heterocycles. The molecule has 0 saturated carbocycles. The maximum Gasteiger partial charge on any atom is 0.272 e. The fourth-order valence-electron chi connectivity index (χ4n) is 2.10. The molecule has 2 N–H and O–H groups in total. The normalized spacial score (nSPS) is 19.4. The van der Waals surface area contributed by atoms with Gasteiger partial charge in [0.05, 0.1) is 4.92 Å². The van der Waals surface area contributed by atoms with Crippen molar-refractivity contribution < 1.29 is 4.92 Å². The highest BCUT2D eigenvalue weighted by Gasteiger charge is 2.24. The molecule has 4 nitrogen and oxygen atoms in total. The summed E-state index contributed by atoms with van der Waals surface area (Å²) in [5, 5.41) is 10.7. The summed E-state index contributed by atoms with van der Waals surface area (Å²) in [7, 11) is 0. The van der Waals surface area contributed by atoms with Gasteiger partial charge >= 0.3 is 0 Å². The fraction of sp³-hybridized carbons (Fsp3) is 0.400. The summed E-state index contributed by atoms with van der Waals surface area (Å²) in [6.45, 7) is 1.80. The van der Waals surface area contributed by atoms with Crippen molar-refractivity contribution in [1.29, 1.82) is 0 Å². The van der Waals surface area contributed by atoms with Crippen molar-refractivity contribution in [1.82, 2.24) is 0 Å². The van der Waals surface area contributed by atoms with Gasteiger partial charge in [0.1, 0.15) is 0 Å². The van der Waals surface area contributed by atoms with Gasteiger partial charge in [0.15, 0.2) is 0 Å². The number of fused-ring (bicyclic) bond motifs is 1. The van der Waals surface area contributed by atoms with Crippen molar-refractivity contribution in [2.75, 3.05) is 0 Å². The van der Waals surface area contributed by atoms with E-state index in [1.807, 2.05) is 0 Å². The molecule has 0 fully saturated rings. The highest BCUT2D eigenvalue weighted by atomic mass is 16.6. The van der Waals surface area contributed by atoms with E-state index in [4.69, 9.17) is 5.73 Å². The van der Waals surface area contributed by atoms with E-state index in [1.165, 1.54) is 0 Å². The second-order valence-corrected chi connectivity index (χ2v) is 3.68. The Morgan fingerprint density at radius 2 is 2.29 bits per heavy atom. The number of nitro groups is 1. The van der Waals surface area contributed by atoms with E-state index in [0.717, 1.165) is 29.5 Å². The number of rotatable bonds is 1. The topological polar surface area (TPSA) is 69.2 Å². The van der Waals surface area contributed by atoms with Crippen molar-refractivity contribution in [2.24, 2.45) is 5.73 Å². The van der Waals surface area contributed by atoms with E-state index in [9.17, 15) is 10.1 Å². The molecule has 0 bridgehead atoms. The summed E-state index contributed by atoms with van der Waals surface area (Å²) in [4.78, 5) is 10.3. The minimum Gasteiger partial charge on any atom is -0.324 e. The summed E-state index contributed by atoms with van der Waals surface area (Å²) < 4.78 is 0. The lowest BCUT2D eigenvalue weighted by atomic mass is 10.0. The Bertz CT molecular complexity index is 401. The lowest BCUT2D eigenvalue weighted by molar-refractivity contribution is -0.385. The molecule has 2 rings (SSSR count). The lowest BCUT2D eigenvalue weighted by Gasteiger charge is -2.06. The second kappa shape index (κ2) is 3.06. The molecular weight excluding hydrogens is 180 g/mol. The molecule has 74 valence electrons. The zero-order chi connectivity index (χ0) is 10.3. The van der Waals surface area contributed by atoms with Crippen molar-refractivity contribution in [3.63, 3.8) is 0 Å². The van der Waals surface area contributed by atoms with Crippen LogP contribution in [0.15, 0.2) is 12.1 Å². The first-order valence-corrected chi connectivity index (χ1v) is 4.63. The predicted octanol–water partition coefficient (Wildman–Crippen LogP) is 1.85. The van der Waals surface area contributed by atoms with Gasteiger partial charge in [0.25, 0.3) is 5.69 Å². The van der Waals surface area contributed by atoms with Gasteiger partial charge in [0.2, 0.25) is 0 Å². The van der Waals surface area contributed by atoms with Crippen LogP contribution in [-0.4, -0.2) is 4.92 Å². The summed E-state index contributed by atoms with van der Waals surface area (Å²) >= 11 is 0. The number of hydrogen-bond donors (Lipinski definition) is 1. The van der Waals surface area contributed by atoms with Crippen LogP contribution in [0.2, 0.25) is 0 Å². The molecule has 1 aromatic carbocycles. The second-order valence-electron chi connectivity index (χ2n) is 3.68. The number of nitrogens with two attached hydrogens (primary N) is 1. The average molecular weight is 192 g/mol. The standard InChI is InChI=1S/C10H12N2O2/c1-6-7-2-4-9(11)8(7)3-5-10(6)12(13)14/h3,5,9H,2,4,11H2,1H3. The van der Waals surface area contributed by atoms with Gasteiger partial charge in [0, 0.05) is 17.7 Å². The quantitative estimate of drug-likeness (QED) is 0.545. The van der Waals surface area contributed by atoms with Crippen LogP contribution in [0, 0.1) is 17.0 Å². The maximum atomic E-state index is 10.7. The van der Waals surface area contributed by atoms with Crippen LogP contribution in [0.25, 0.3) is 0 Å². The van der Waals surface area contributed by atoms with Gasteiger partial charge in [-0.05, 0) is 30.9 Å². The van der Waals surface area contributed by atoms with Crippen LogP contribution in [-0.2, 0) is 6.42 Å². The van der Waals surface area contributed by atoms with Gasteiger partial charge in [-0.2, -0.15) is 0 Å². The van der Waals surface area contributed by atoms with E-state index in [1.54, 1.807) is 19.1 Å². The van der Waals surface area contributed by atoms with Crippen LogP contribution in [0.1, 0.15) is 29.2 Å². The molecule has 0 radical (unpaired) electrons. The summed E-state index contributed by atoms with van der Waals surface area (Å²) in [5.41, 5.74) is 9.01. The molecule has 1 aliphatic rings. The number of nitrogens with zero attached hydrogens (tertiary/aromatic N) is 1. The highest BCUT2D eigenvalue weighted by Crippen LogP contribution is 2.35. The SMILES string of the molecule is Cc1c([N+](=O)[O-])ccc2c1CCC2N. The Morgan fingerprint density at radius 3 is 2.93 bits per heavy atom. The van der Waals surface area contributed by atoms with Gasteiger partial charge < -0.3 is 5.73 Å². The van der Waals surface area contributed by atoms with Gasteiger partial charge in [-0.3, -0.25) is 10.1 Å². The summed E-state index contributed by atoms with van der Waals surface area (Å²) in [5.74, 6) is 0. The largest absolute Gasteiger partial charge is 0.324 e. The number of hydrogen-bond acceptors (Lipinski definition) is 3. The fourth-order valence-corrected chi connectivity index (χ4v) is 2.10. The third kappa shape index (κ3) is 1.19. The number of nitro benzene ring substituents is 1. The minimum absolute atomic E-state index is 0.0597. The molecule has 1 atom stereocenters. The Hall–Kier alpha value is -1.42. The van der Waals surface area contributed by atoms with Gasteiger partial charge in [-0.25, -0.2) is 0 Å². The predicted molar refractivity (Wildman–Crippen MR) is 53.1 cm³/mol. The first-order chi connectivity index (χ1) is 6.61. The third-order valence-electron chi connectivity index (χ3n) is 2.91. The van der Waals surface area contributed by atoms with Crippen molar-refractivity contribution in [3.05, 3.63) is 38.9 Å². The zero-order valence-corrected chi connectivity index (χ0v) is 7.99. The Balaban J connectivity index is 2.58. The molecule has 0 saturated heterocycles. The van der Waals surface area contributed by atoms with Crippen LogP contribution >= 0.6 is 0 Å². The lowest BCUT2D eigenvalue weighted by Crippen LogP contribution is -2.05. The van der Waals surface area contributed by atoms with Gasteiger partial charge in [-0.15, -0.1) is 0 Å². The van der Waals surface area contributed by atoms with Crippen LogP contribution in [0.3, 0.4) is 0 Å². The molecule has 4 heteroatoms. The first-order valence-electron chi connectivity index (χ1n) is 4.63. The molecule has 1 unspecified atom stereocenters. The number of benzene rings is 1. The molecule has 0 aromatic heterocycles. The van der Waals surface area contributed by atoms with E-state index in [-0.39, 0.29) is 16.7 Å². The van der Waals surface area contributed by atoms with Crippen LogP contribution in [0.4, 0.5) is 5.69 Å². The minimum atomic E-state index is -0.334. The molecular formula is C10H12N2O2. The molecule has 1 aliphatic carbocycles. The maximum absolute atomic E-state index is 10.7. The molecule has 0 spiro atoms. The van der Waals surface area contributed by atoms with Crippen molar-refractivity contribution in [3.8, 4) is 0 Å². The first kappa shape index (κ1) is 9.15. The Labute approximate surface area is 81.9 Å². The van der Waals surface area contributed by atoms with E-state index in [0.29, 0.717) is 0 Å². The summed E-state index contributed by atoms with van der Waals surface area (Å²) in [6.07, 6.45) is 1.77. The smallest absolute Gasteiger partial charge is 0.272 e. The van der Waals surface area contributed by atoms with Crippen molar-refractivity contribution in [2.45, 2.75) is 25.8 Å². The highest BCUT2D eigenvalue weighted by molar-refractivity contribution is 5.51. The monoisotopic (exact) mass is 192 g/mol. The summed E-state index contributed by atoms with van der Waals surface area (Å²) in [6, 6.07) is 3.40. The Morgan fingerprint density at radius 1 is 1.57 bits per heavy atom. The van der Waals surface area contributed by atoms with Crippen LogP contribution < -0.4 is 5.73 Å². The molecule has 1 aromatic rings. The molecule has 14 heavy (non-hydrogen) atoms. The van der Waals surface area contributed by atoms with E-state index >= 15 is 0 Å². The third-order valence-corrected chi connectivity index (χ3v) is 2.91. The van der Waals surface area contributed by atoms with Crippen molar-refractivity contribution >= 4 is 5.69 Å². The van der Waals surface area contributed by atoms with E-state index in [2.05, 4.69) is 0 Å².